The van der Waals surface area contributed by atoms with Gasteiger partial charge in [0.2, 0.25) is 5.91 Å². The first-order valence-electron chi connectivity index (χ1n) is 9.73. The van der Waals surface area contributed by atoms with E-state index in [1.807, 2.05) is 36.4 Å². The maximum absolute atomic E-state index is 12.4. The second kappa shape index (κ2) is 8.16. The largest absolute Gasteiger partial charge is 0.479 e. The van der Waals surface area contributed by atoms with Crippen LogP contribution in [-0.2, 0) is 19.2 Å². The van der Waals surface area contributed by atoms with Gasteiger partial charge in [-0.3, -0.25) is 9.63 Å². The second-order valence-electron chi connectivity index (χ2n) is 7.62. The average Bonchev–Trinajstić information content (AvgIpc) is 3.38. The zero-order valence-corrected chi connectivity index (χ0v) is 16.2. The summed E-state index contributed by atoms with van der Waals surface area (Å²) in [5.74, 6) is -1.72. The van der Waals surface area contributed by atoms with Crippen molar-refractivity contribution in [3.63, 3.8) is 0 Å². The fourth-order valence-electron chi connectivity index (χ4n) is 3.87. The minimum atomic E-state index is -1.19. The summed E-state index contributed by atoms with van der Waals surface area (Å²) in [4.78, 5) is 39.3. The fourth-order valence-corrected chi connectivity index (χ4v) is 3.87. The Balaban J connectivity index is 1.32. The number of nitrogens with one attached hydrogen (secondary N) is 2. The van der Waals surface area contributed by atoms with Crippen molar-refractivity contribution in [2.75, 3.05) is 13.2 Å². The van der Waals surface area contributed by atoms with Crippen molar-refractivity contribution in [3.05, 3.63) is 59.7 Å². The molecular weight excluding hydrogens is 388 g/mol. The Labute approximate surface area is 173 Å². The number of benzene rings is 2. The summed E-state index contributed by atoms with van der Waals surface area (Å²) < 4.78 is 5.52. The van der Waals surface area contributed by atoms with Gasteiger partial charge in [-0.25, -0.2) is 15.1 Å². The highest BCUT2D eigenvalue weighted by molar-refractivity contribution is 5.80. The van der Waals surface area contributed by atoms with E-state index in [9.17, 15) is 14.4 Å². The average molecular weight is 410 g/mol. The van der Waals surface area contributed by atoms with Crippen molar-refractivity contribution < 1.29 is 29.1 Å². The van der Waals surface area contributed by atoms with Gasteiger partial charge >= 0.3 is 12.1 Å². The topological polar surface area (TPSA) is 114 Å². The number of ether oxygens (including phenoxy) is 1. The molecule has 0 atom stereocenters. The van der Waals surface area contributed by atoms with Gasteiger partial charge in [0.1, 0.15) is 6.61 Å². The number of amides is 2. The molecule has 2 amide bonds. The van der Waals surface area contributed by atoms with Gasteiger partial charge in [-0.15, -0.1) is 0 Å². The third-order valence-electron chi connectivity index (χ3n) is 5.45. The van der Waals surface area contributed by atoms with Gasteiger partial charge < -0.3 is 15.2 Å². The number of hydrogen-bond donors (Lipinski definition) is 3. The number of alkyl carbamates (subject to hydrolysis) is 1. The van der Waals surface area contributed by atoms with Crippen LogP contribution < -0.4 is 10.8 Å². The molecule has 4 rings (SSSR count). The number of fused-ring (bicyclic) bond motifs is 3. The minimum absolute atomic E-state index is 0.00316. The first kappa shape index (κ1) is 19.9. The number of aliphatic carboxylic acids is 1. The summed E-state index contributed by atoms with van der Waals surface area (Å²) >= 11 is 0. The number of carbonyl (C=O) groups is 3. The highest BCUT2D eigenvalue weighted by Crippen LogP contribution is 2.44. The van der Waals surface area contributed by atoms with Crippen LogP contribution in [-0.4, -0.2) is 41.8 Å². The lowest BCUT2D eigenvalue weighted by Gasteiger charge is -2.19. The van der Waals surface area contributed by atoms with Crippen molar-refractivity contribution in [2.24, 2.45) is 0 Å². The molecule has 2 aliphatic rings. The highest BCUT2D eigenvalue weighted by Gasteiger charge is 2.46. The van der Waals surface area contributed by atoms with Crippen molar-refractivity contribution in [2.45, 2.75) is 30.7 Å². The van der Waals surface area contributed by atoms with Crippen LogP contribution in [0.15, 0.2) is 48.5 Å². The molecule has 1 fully saturated rings. The minimum Gasteiger partial charge on any atom is -0.479 e. The van der Waals surface area contributed by atoms with Crippen LogP contribution in [0.1, 0.15) is 36.3 Å². The summed E-state index contributed by atoms with van der Waals surface area (Å²) in [5.41, 5.74) is 5.96. The molecule has 8 heteroatoms. The van der Waals surface area contributed by atoms with Gasteiger partial charge in [0.25, 0.3) is 0 Å². The molecule has 0 aliphatic heterocycles. The smallest absolute Gasteiger partial charge is 0.407 e. The summed E-state index contributed by atoms with van der Waals surface area (Å²) in [6.45, 7) is -0.428. The van der Waals surface area contributed by atoms with E-state index in [1.165, 1.54) is 0 Å². The summed E-state index contributed by atoms with van der Waals surface area (Å²) in [6, 6.07) is 16.2. The molecule has 2 aromatic rings. The Morgan fingerprint density at radius 2 is 1.60 bits per heavy atom. The molecule has 3 N–H and O–H groups in total. The molecular formula is C22H22N2O6. The third kappa shape index (κ3) is 4.28. The van der Waals surface area contributed by atoms with E-state index < -0.39 is 30.1 Å². The first-order valence-corrected chi connectivity index (χ1v) is 9.73. The van der Waals surface area contributed by atoms with Crippen LogP contribution >= 0.6 is 0 Å². The molecule has 0 aromatic heterocycles. The van der Waals surface area contributed by atoms with Gasteiger partial charge in [-0.2, -0.15) is 0 Å². The lowest BCUT2D eigenvalue weighted by molar-refractivity contribution is -0.149. The van der Waals surface area contributed by atoms with E-state index in [4.69, 9.17) is 9.84 Å². The predicted molar refractivity (Wildman–Crippen MR) is 107 cm³/mol. The maximum Gasteiger partial charge on any atom is 0.407 e. The molecule has 8 nitrogen and oxygen atoms in total. The van der Waals surface area contributed by atoms with E-state index in [0.29, 0.717) is 12.8 Å². The van der Waals surface area contributed by atoms with Gasteiger partial charge in [-0.1, -0.05) is 48.5 Å². The zero-order chi connectivity index (χ0) is 21.1. The maximum atomic E-state index is 12.4. The molecule has 0 saturated heterocycles. The molecule has 0 radical (unpaired) electrons. The summed E-state index contributed by atoms with van der Waals surface area (Å²) in [6.07, 6.45) is 0.706. The molecule has 0 heterocycles. The summed E-state index contributed by atoms with van der Waals surface area (Å²) in [5, 5.41) is 11.3. The highest BCUT2D eigenvalue weighted by atomic mass is 16.7. The monoisotopic (exact) mass is 410 g/mol. The van der Waals surface area contributed by atoms with Crippen LogP contribution in [0.2, 0.25) is 0 Å². The zero-order valence-electron chi connectivity index (χ0n) is 16.2. The first-order chi connectivity index (χ1) is 14.5. The lowest BCUT2D eigenvalue weighted by atomic mass is 9.98. The quantitative estimate of drug-likeness (QED) is 0.577. The van der Waals surface area contributed by atoms with E-state index in [0.717, 1.165) is 22.3 Å². The van der Waals surface area contributed by atoms with E-state index in [1.54, 1.807) is 0 Å². The van der Waals surface area contributed by atoms with Gasteiger partial charge in [-0.05, 0) is 35.1 Å². The fraction of sp³-hybridized carbons (Fsp3) is 0.318. The van der Waals surface area contributed by atoms with Crippen LogP contribution in [0.5, 0.6) is 0 Å². The number of carbonyl (C=O) groups excluding carboxylic acids is 2. The molecule has 30 heavy (non-hydrogen) atoms. The Morgan fingerprint density at radius 1 is 1.00 bits per heavy atom. The third-order valence-corrected chi connectivity index (χ3v) is 5.45. The van der Waals surface area contributed by atoms with Crippen LogP contribution in [0.3, 0.4) is 0 Å². The number of hydroxylamine groups is 1. The molecule has 0 bridgehead atoms. The molecule has 2 aliphatic carbocycles. The number of rotatable bonds is 8. The standard InChI is InChI=1S/C22H22N2O6/c25-19(24-30-13-20(26)27)11-22(9-10-22)23-21(28)29-12-18-16-7-3-1-5-14(16)15-6-2-4-8-17(15)18/h1-8,18H,9-13H2,(H,23,28)(H,24,25)(H,26,27). The SMILES string of the molecule is O=C(O)CONC(=O)CC1(NC(=O)OCC2c3ccccc3-c3ccccc32)CC1. The number of hydrogen-bond acceptors (Lipinski definition) is 5. The van der Waals surface area contributed by atoms with Crippen LogP contribution in [0, 0.1) is 0 Å². The van der Waals surface area contributed by atoms with Gasteiger partial charge in [0.15, 0.2) is 6.61 Å². The van der Waals surface area contributed by atoms with Crippen LogP contribution in [0.25, 0.3) is 11.1 Å². The summed E-state index contributed by atoms with van der Waals surface area (Å²) in [7, 11) is 0. The second-order valence-corrected chi connectivity index (χ2v) is 7.62. The molecule has 1 saturated carbocycles. The Kier molecular flexibility index (Phi) is 5.41. The van der Waals surface area contributed by atoms with Crippen molar-refractivity contribution in [3.8, 4) is 11.1 Å². The molecule has 156 valence electrons. The number of carboxylic acid groups (broad SMARTS) is 1. The molecule has 0 unspecified atom stereocenters. The Bertz CT molecular complexity index is 940. The lowest BCUT2D eigenvalue weighted by Crippen LogP contribution is -2.42. The molecule has 0 spiro atoms. The van der Waals surface area contributed by atoms with Crippen LogP contribution in [0.4, 0.5) is 4.79 Å². The van der Waals surface area contributed by atoms with Crippen molar-refractivity contribution >= 4 is 18.0 Å². The Hall–Kier alpha value is -3.39. The van der Waals surface area contributed by atoms with E-state index in [-0.39, 0.29) is 18.9 Å². The van der Waals surface area contributed by atoms with E-state index >= 15 is 0 Å². The molecule has 2 aromatic carbocycles. The predicted octanol–water partition coefficient (Wildman–Crippen LogP) is 2.58. The van der Waals surface area contributed by atoms with E-state index in [2.05, 4.69) is 27.8 Å². The Morgan fingerprint density at radius 3 is 2.17 bits per heavy atom. The van der Waals surface area contributed by atoms with Crippen molar-refractivity contribution in [1.29, 1.82) is 0 Å². The van der Waals surface area contributed by atoms with Gasteiger partial charge in [0, 0.05) is 5.92 Å². The van der Waals surface area contributed by atoms with Gasteiger partial charge in [0.05, 0.1) is 12.0 Å². The van der Waals surface area contributed by atoms with Crippen molar-refractivity contribution in [1.82, 2.24) is 10.8 Å². The number of carboxylic acids is 1. The normalized spacial score (nSPS) is 15.6.